The van der Waals surface area contributed by atoms with Crippen LogP contribution in [0, 0.1) is 20.8 Å². The third kappa shape index (κ3) is 4.39. The first kappa shape index (κ1) is 15.1. The lowest BCUT2D eigenvalue weighted by Crippen LogP contribution is -2.27. The molecule has 0 fully saturated rings. The number of hydrogen-bond donors (Lipinski definition) is 1. The van der Waals surface area contributed by atoms with E-state index in [0.29, 0.717) is 4.99 Å². The van der Waals surface area contributed by atoms with Crippen LogP contribution in [0.15, 0.2) is 12.1 Å². The lowest BCUT2D eigenvalue weighted by atomic mass is 9.99. The predicted octanol–water partition coefficient (Wildman–Crippen LogP) is 3.11. The van der Waals surface area contributed by atoms with Gasteiger partial charge in [-0.3, -0.25) is 4.90 Å². The first-order valence-corrected chi connectivity index (χ1v) is 6.92. The number of benzene rings is 1. The zero-order valence-electron chi connectivity index (χ0n) is 11.9. The van der Waals surface area contributed by atoms with Gasteiger partial charge in [0.2, 0.25) is 0 Å². The Bertz CT molecular complexity index is 403. The van der Waals surface area contributed by atoms with Gasteiger partial charge >= 0.3 is 0 Å². The van der Waals surface area contributed by atoms with E-state index in [9.17, 15) is 0 Å². The number of rotatable bonds is 6. The number of aryl methyl sites for hydroxylation is 3. The van der Waals surface area contributed by atoms with Crippen LogP contribution in [0.25, 0.3) is 0 Å². The summed E-state index contributed by atoms with van der Waals surface area (Å²) in [5.74, 6) is 0. The zero-order valence-corrected chi connectivity index (χ0v) is 12.7. The molecule has 0 aliphatic rings. The van der Waals surface area contributed by atoms with E-state index in [2.05, 4.69) is 44.7 Å². The van der Waals surface area contributed by atoms with Crippen LogP contribution in [-0.2, 0) is 6.54 Å². The van der Waals surface area contributed by atoms with Gasteiger partial charge < -0.3 is 5.73 Å². The SMILES string of the molecule is CCN(CCC(N)=S)Cc1c(C)cc(C)cc1C. The lowest BCUT2D eigenvalue weighted by Gasteiger charge is -2.22. The Hall–Kier alpha value is -0.930. The molecule has 0 atom stereocenters. The molecule has 0 amide bonds. The van der Waals surface area contributed by atoms with E-state index in [4.69, 9.17) is 18.0 Å². The minimum absolute atomic E-state index is 0.603. The Morgan fingerprint density at radius 3 is 2.22 bits per heavy atom. The summed E-state index contributed by atoms with van der Waals surface area (Å²) in [6, 6.07) is 4.51. The Morgan fingerprint density at radius 2 is 1.78 bits per heavy atom. The highest BCUT2D eigenvalue weighted by molar-refractivity contribution is 7.80. The molecule has 1 aromatic carbocycles. The molecule has 1 aromatic rings. The van der Waals surface area contributed by atoms with Crippen molar-refractivity contribution in [2.24, 2.45) is 5.73 Å². The second kappa shape index (κ2) is 6.86. The summed E-state index contributed by atoms with van der Waals surface area (Å²) in [4.78, 5) is 3.00. The molecule has 2 N–H and O–H groups in total. The van der Waals surface area contributed by atoms with Crippen molar-refractivity contribution in [1.29, 1.82) is 0 Å². The summed E-state index contributed by atoms with van der Waals surface area (Å²) in [7, 11) is 0. The molecule has 0 saturated carbocycles. The summed E-state index contributed by atoms with van der Waals surface area (Å²) in [6.45, 7) is 11.7. The first-order chi connectivity index (χ1) is 8.43. The normalized spacial score (nSPS) is 10.9. The number of thiocarbonyl (C=S) groups is 1. The van der Waals surface area contributed by atoms with Crippen molar-refractivity contribution in [3.8, 4) is 0 Å². The number of nitrogens with zero attached hydrogens (tertiary/aromatic N) is 1. The summed E-state index contributed by atoms with van der Waals surface area (Å²) in [5.41, 5.74) is 11.1. The molecule has 2 nitrogen and oxygen atoms in total. The van der Waals surface area contributed by atoms with Crippen molar-refractivity contribution in [1.82, 2.24) is 4.90 Å². The maximum atomic E-state index is 5.57. The van der Waals surface area contributed by atoms with E-state index in [0.717, 1.165) is 26.1 Å². The Labute approximate surface area is 116 Å². The van der Waals surface area contributed by atoms with Crippen LogP contribution in [0.4, 0.5) is 0 Å². The number of hydrogen-bond acceptors (Lipinski definition) is 2. The maximum absolute atomic E-state index is 5.57. The van der Waals surface area contributed by atoms with E-state index in [1.165, 1.54) is 22.3 Å². The quantitative estimate of drug-likeness (QED) is 0.801. The molecule has 0 aliphatic carbocycles. The van der Waals surface area contributed by atoms with Crippen molar-refractivity contribution in [2.75, 3.05) is 13.1 Å². The minimum atomic E-state index is 0.603. The van der Waals surface area contributed by atoms with E-state index in [1.807, 2.05) is 0 Å². The number of nitrogens with two attached hydrogens (primary N) is 1. The molecule has 0 spiro atoms. The zero-order chi connectivity index (χ0) is 13.7. The standard InChI is InChI=1S/C15H24N2S/c1-5-17(7-6-15(16)18)10-14-12(3)8-11(2)9-13(14)4/h8-9H,5-7,10H2,1-4H3,(H2,16,18). The van der Waals surface area contributed by atoms with Crippen LogP contribution in [0.3, 0.4) is 0 Å². The van der Waals surface area contributed by atoms with Crippen molar-refractivity contribution in [3.63, 3.8) is 0 Å². The molecule has 100 valence electrons. The van der Waals surface area contributed by atoms with Crippen LogP contribution in [-0.4, -0.2) is 23.0 Å². The van der Waals surface area contributed by atoms with Gasteiger partial charge in [-0.1, -0.05) is 36.8 Å². The van der Waals surface area contributed by atoms with Crippen LogP contribution < -0.4 is 5.73 Å². The smallest absolute Gasteiger partial charge is 0.0740 e. The molecule has 18 heavy (non-hydrogen) atoms. The average Bonchev–Trinajstić information content (AvgIpc) is 2.26. The second-order valence-corrected chi connectivity index (χ2v) is 5.49. The van der Waals surface area contributed by atoms with Gasteiger partial charge in [-0.2, -0.15) is 0 Å². The van der Waals surface area contributed by atoms with Gasteiger partial charge in [-0.05, 0) is 44.0 Å². The van der Waals surface area contributed by atoms with Gasteiger partial charge in [0.15, 0.2) is 0 Å². The van der Waals surface area contributed by atoms with E-state index in [-0.39, 0.29) is 0 Å². The second-order valence-electron chi connectivity index (χ2n) is 4.96. The monoisotopic (exact) mass is 264 g/mol. The van der Waals surface area contributed by atoms with Gasteiger partial charge in [-0.15, -0.1) is 0 Å². The van der Waals surface area contributed by atoms with Gasteiger partial charge in [0.1, 0.15) is 0 Å². The van der Waals surface area contributed by atoms with Gasteiger partial charge in [0, 0.05) is 19.5 Å². The van der Waals surface area contributed by atoms with Crippen molar-refractivity contribution in [3.05, 3.63) is 34.4 Å². The Balaban J connectivity index is 2.78. The largest absolute Gasteiger partial charge is 0.393 e. The minimum Gasteiger partial charge on any atom is -0.393 e. The van der Waals surface area contributed by atoms with Crippen LogP contribution in [0.2, 0.25) is 0 Å². The fraction of sp³-hybridized carbons (Fsp3) is 0.533. The summed E-state index contributed by atoms with van der Waals surface area (Å²) in [5, 5.41) is 0. The van der Waals surface area contributed by atoms with Crippen LogP contribution in [0.5, 0.6) is 0 Å². The van der Waals surface area contributed by atoms with Crippen molar-refractivity contribution < 1.29 is 0 Å². The molecule has 0 radical (unpaired) electrons. The Morgan fingerprint density at radius 1 is 1.22 bits per heavy atom. The van der Waals surface area contributed by atoms with E-state index < -0.39 is 0 Å². The summed E-state index contributed by atoms with van der Waals surface area (Å²) < 4.78 is 0. The highest BCUT2D eigenvalue weighted by atomic mass is 32.1. The van der Waals surface area contributed by atoms with Crippen molar-refractivity contribution in [2.45, 2.75) is 40.7 Å². The Kier molecular flexibility index (Phi) is 5.76. The fourth-order valence-corrected chi connectivity index (χ4v) is 2.39. The third-order valence-electron chi connectivity index (χ3n) is 3.34. The molecule has 0 heterocycles. The molecular weight excluding hydrogens is 240 g/mol. The molecule has 0 aliphatic heterocycles. The lowest BCUT2D eigenvalue weighted by molar-refractivity contribution is 0.287. The molecule has 1 rings (SSSR count). The van der Waals surface area contributed by atoms with Gasteiger partial charge in [0.05, 0.1) is 4.99 Å². The summed E-state index contributed by atoms with van der Waals surface area (Å²) in [6.07, 6.45) is 0.799. The molecule has 0 aromatic heterocycles. The van der Waals surface area contributed by atoms with Gasteiger partial charge in [-0.25, -0.2) is 0 Å². The van der Waals surface area contributed by atoms with E-state index in [1.54, 1.807) is 0 Å². The summed E-state index contributed by atoms with van der Waals surface area (Å²) >= 11 is 4.95. The molecule has 0 unspecified atom stereocenters. The van der Waals surface area contributed by atoms with Crippen molar-refractivity contribution >= 4 is 17.2 Å². The molecule has 0 bridgehead atoms. The van der Waals surface area contributed by atoms with Gasteiger partial charge in [0.25, 0.3) is 0 Å². The third-order valence-corrected chi connectivity index (χ3v) is 3.55. The maximum Gasteiger partial charge on any atom is 0.0740 e. The van der Waals surface area contributed by atoms with Crippen LogP contribution >= 0.6 is 12.2 Å². The fourth-order valence-electron chi connectivity index (χ4n) is 2.30. The topological polar surface area (TPSA) is 29.3 Å². The highest BCUT2D eigenvalue weighted by Crippen LogP contribution is 2.18. The predicted molar refractivity (Wildman–Crippen MR) is 83.0 cm³/mol. The molecule has 3 heteroatoms. The highest BCUT2D eigenvalue weighted by Gasteiger charge is 2.09. The van der Waals surface area contributed by atoms with E-state index >= 15 is 0 Å². The molecular formula is C15H24N2S. The first-order valence-electron chi connectivity index (χ1n) is 6.51. The average molecular weight is 264 g/mol. The van der Waals surface area contributed by atoms with Crippen LogP contribution in [0.1, 0.15) is 35.6 Å². The molecule has 0 saturated heterocycles.